The number of hydrogen-bond donors (Lipinski definition) is 1. The number of amides is 1. The Morgan fingerprint density at radius 1 is 1.21 bits per heavy atom. The van der Waals surface area contributed by atoms with Gasteiger partial charge in [-0.25, -0.2) is 0 Å². The molecule has 3 rings (SSSR count). The van der Waals surface area contributed by atoms with Crippen LogP contribution in [-0.4, -0.2) is 16.0 Å². The predicted molar refractivity (Wildman–Crippen MR) is 94.2 cm³/mol. The van der Waals surface area contributed by atoms with Gasteiger partial charge in [-0.3, -0.25) is 4.79 Å². The lowest BCUT2D eigenvalue weighted by molar-refractivity contribution is -0.120. The fraction of sp³-hybridized carbons (Fsp3) is 0.167. The summed E-state index contributed by atoms with van der Waals surface area (Å²) in [6.07, 6.45) is 0.304. The first-order chi connectivity index (χ1) is 11.6. The van der Waals surface area contributed by atoms with Gasteiger partial charge in [-0.05, 0) is 30.2 Å². The van der Waals surface area contributed by atoms with Crippen LogP contribution in [0.25, 0.3) is 11.4 Å². The minimum absolute atomic E-state index is 0.0938. The third-order valence-electron chi connectivity index (χ3n) is 3.54. The second kappa shape index (κ2) is 7.40. The summed E-state index contributed by atoms with van der Waals surface area (Å²) < 4.78 is 6.16. The second-order valence-corrected chi connectivity index (χ2v) is 6.33. The quantitative estimate of drug-likeness (QED) is 0.727. The van der Waals surface area contributed by atoms with Crippen molar-refractivity contribution in [3.05, 3.63) is 70.0 Å². The molecular formula is C18H16BrN3O2. The third kappa shape index (κ3) is 4.08. The van der Waals surface area contributed by atoms with Crippen molar-refractivity contribution < 1.29 is 9.32 Å². The highest BCUT2D eigenvalue weighted by molar-refractivity contribution is 9.10. The molecule has 0 saturated carbocycles. The van der Waals surface area contributed by atoms with E-state index in [9.17, 15) is 4.79 Å². The lowest BCUT2D eigenvalue weighted by Crippen LogP contribution is -2.24. The van der Waals surface area contributed by atoms with Gasteiger partial charge in [0.15, 0.2) is 0 Å². The molecule has 0 aliphatic rings. The van der Waals surface area contributed by atoms with Gasteiger partial charge in [0.2, 0.25) is 17.6 Å². The molecule has 0 aliphatic heterocycles. The zero-order chi connectivity index (χ0) is 16.9. The van der Waals surface area contributed by atoms with Gasteiger partial charge in [-0.1, -0.05) is 57.5 Å². The summed E-state index contributed by atoms with van der Waals surface area (Å²) in [6.45, 7) is 2.21. The Labute approximate surface area is 148 Å². The molecule has 122 valence electrons. The molecule has 0 saturated heterocycles. The zero-order valence-corrected chi connectivity index (χ0v) is 14.7. The number of benzene rings is 2. The fourth-order valence-electron chi connectivity index (χ4n) is 2.33. The summed E-state index contributed by atoms with van der Waals surface area (Å²) in [4.78, 5) is 16.3. The number of rotatable bonds is 5. The topological polar surface area (TPSA) is 68.0 Å². The Bertz CT molecular complexity index is 861. The second-order valence-electron chi connectivity index (χ2n) is 5.41. The molecule has 0 radical (unpaired) electrons. The van der Waals surface area contributed by atoms with Gasteiger partial charge < -0.3 is 9.84 Å². The van der Waals surface area contributed by atoms with Crippen LogP contribution in [0.3, 0.4) is 0 Å². The van der Waals surface area contributed by atoms with Crippen LogP contribution < -0.4 is 5.32 Å². The number of aryl methyl sites for hydroxylation is 1. The van der Waals surface area contributed by atoms with Crippen LogP contribution in [-0.2, 0) is 17.8 Å². The van der Waals surface area contributed by atoms with Crippen molar-refractivity contribution in [3.8, 4) is 11.4 Å². The van der Waals surface area contributed by atoms with Crippen LogP contribution in [0.4, 0.5) is 0 Å². The summed E-state index contributed by atoms with van der Waals surface area (Å²) in [7, 11) is 0. The molecule has 0 atom stereocenters. The molecule has 2 aromatic carbocycles. The van der Waals surface area contributed by atoms with E-state index in [1.165, 1.54) is 0 Å². The van der Waals surface area contributed by atoms with E-state index in [1.54, 1.807) is 0 Å². The molecule has 1 heterocycles. The maximum absolute atomic E-state index is 12.0. The number of nitrogens with zero attached hydrogens (tertiary/aromatic N) is 2. The summed E-state index contributed by atoms with van der Waals surface area (Å²) in [6, 6.07) is 15.5. The largest absolute Gasteiger partial charge is 0.347 e. The Kier molecular flexibility index (Phi) is 5.05. The first kappa shape index (κ1) is 16.4. The first-order valence-corrected chi connectivity index (χ1v) is 8.31. The number of nitrogens with one attached hydrogen (secondary N) is 1. The SMILES string of the molecule is Cc1ccccc1-c1noc(CNC(=O)Cc2cccc(Br)c2)n1. The van der Waals surface area contributed by atoms with Crippen LogP contribution in [0.5, 0.6) is 0 Å². The highest BCUT2D eigenvalue weighted by Crippen LogP contribution is 2.19. The van der Waals surface area contributed by atoms with E-state index < -0.39 is 0 Å². The normalized spacial score (nSPS) is 10.6. The molecule has 6 heteroatoms. The zero-order valence-electron chi connectivity index (χ0n) is 13.1. The van der Waals surface area contributed by atoms with Crippen LogP contribution in [0, 0.1) is 6.92 Å². The van der Waals surface area contributed by atoms with Crippen LogP contribution in [0.1, 0.15) is 17.0 Å². The highest BCUT2D eigenvalue weighted by Gasteiger charge is 2.11. The van der Waals surface area contributed by atoms with Crippen molar-refractivity contribution in [1.29, 1.82) is 0 Å². The molecule has 1 N–H and O–H groups in total. The van der Waals surface area contributed by atoms with Crippen LogP contribution in [0.15, 0.2) is 57.5 Å². The molecule has 0 spiro atoms. The molecular weight excluding hydrogens is 370 g/mol. The van der Waals surface area contributed by atoms with E-state index in [0.717, 1.165) is 21.2 Å². The number of hydrogen-bond acceptors (Lipinski definition) is 4. The summed E-state index contributed by atoms with van der Waals surface area (Å²) in [5.74, 6) is 0.823. The van der Waals surface area contributed by atoms with Gasteiger partial charge in [0.1, 0.15) is 0 Å². The third-order valence-corrected chi connectivity index (χ3v) is 4.04. The number of carbonyl (C=O) groups excluding carboxylic acids is 1. The van der Waals surface area contributed by atoms with Gasteiger partial charge in [-0.15, -0.1) is 0 Å². The molecule has 1 amide bonds. The Balaban J connectivity index is 1.59. The first-order valence-electron chi connectivity index (χ1n) is 7.51. The van der Waals surface area contributed by atoms with E-state index in [1.807, 2.05) is 55.5 Å². The number of aromatic nitrogens is 2. The van der Waals surface area contributed by atoms with E-state index >= 15 is 0 Å². The molecule has 3 aromatic rings. The van der Waals surface area contributed by atoms with Crippen LogP contribution in [0.2, 0.25) is 0 Å². The Morgan fingerprint density at radius 2 is 2.04 bits per heavy atom. The maximum Gasteiger partial charge on any atom is 0.246 e. The van der Waals surface area contributed by atoms with Crippen molar-refractivity contribution in [3.63, 3.8) is 0 Å². The number of halogens is 1. The Morgan fingerprint density at radius 3 is 2.83 bits per heavy atom. The molecule has 1 aromatic heterocycles. The van der Waals surface area contributed by atoms with Crippen molar-refractivity contribution in [2.24, 2.45) is 0 Å². The molecule has 0 aliphatic carbocycles. The van der Waals surface area contributed by atoms with Gasteiger partial charge in [0.05, 0.1) is 13.0 Å². The van der Waals surface area contributed by atoms with E-state index in [4.69, 9.17) is 4.52 Å². The van der Waals surface area contributed by atoms with Crippen LogP contribution >= 0.6 is 15.9 Å². The summed E-state index contributed by atoms with van der Waals surface area (Å²) in [5.41, 5.74) is 2.93. The van der Waals surface area contributed by atoms with Gasteiger partial charge >= 0.3 is 0 Å². The van der Waals surface area contributed by atoms with E-state index in [0.29, 0.717) is 18.1 Å². The highest BCUT2D eigenvalue weighted by atomic mass is 79.9. The smallest absolute Gasteiger partial charge is 0.246 e. The summed E-state index contributed by atoms with van der Waals surface area (Å²) >= 11 is 3.39. The van der Waals surface area contributed by atoms with Gasteiger partial charge in [-0.2, -0.15) is 4.98 Å². The minimum Gasteiger partial charge on any atom is -0.347 e. The molecule has 0 fully saturated rings. The lowest BCUT2D eigenvalue weighted by atomic mass is 10.1. The molecule has 5 nitrogen and oxygen atoms in total. The number of carbonyl (C=O) groups is 1. The minimum atomic E-state index is -0.0938. The molecule has 0 unspecified atom stereocenters. The van der Waals surface area contributed by atoms with Crippen molar-refractivity contribution in [2.75, 3.05) is 0 Å². The van der Waals surface area contributed by atoms with Crippen molar-refractivity contribution in [1.82, 2.24) is 15.5 Å². The van der Waals surface area contributed by atoms with E-state index in [2.05, 4.69) is 31.4 Å². The average Bonchev–Trinajstić information content (AvgIpc) is 3.02. The van der Waals surface area contributed by atoms with Gasteiger partial charge in [0, 0.05) is 10.0 Å². The van der Waals surface area contributed by atoms with E-state index in [-0.39, 0.29) is 12.5 Å². The maximum atomic E-state index is 12.0. The predicted octanol–water partition coefficient (Wildman–Crippen LogP) is 3.67. The van der Waals surface area contributed by atoms with Crippen molar-refractivity contribution >= 4 is 21.8 Å². The Hall–Kier alpha value is -2.47. The molecule has 0 bridgehead atoms. The standard InChI is InChI=1S/C18H16BrN3O2/c1-12-5-2-3-8-15(12)18-21-17(24-22-18)11-20-16(23)10-13-6-4-7-14(19)9-13/h2-9H,10-11H2,1H3,(H,20,23). The van der Waals surface area contributed by atoms with Crippen molar-refractivity contribution in [2.45, 2.75) is 19.9 Å². The molecule has 24 heavy (non-hydrogen) atoms. The lowest BCUT2D eigenvalue weighted by Gasteiger charge is -2.03. The monoisotopic (exact) mass is 385 g/mol. The average molecular weight is 386 g/mol. The van der Waals surface area contributed by atoms with Gasteiger partial charge in [0.25, 0.3) is 0 Å². The fourth-order valence-corrected chi connectivity index (χ4v) is 2.78. The summed E-state index contributed by atoms with van der Waals surface area (Å²) in [5, 5.41) is 6.77.